The fraction of sp³-hybridized carbons (Fsp3) is 0.400. The molecule has 0 fully saturated rings. The first-order valence-electron chi connectivity index (χ1n) is 2.21. The molecule has 0 saturated heterocycles. The standard InChI is InChI=1S/C5H8N/c1-2-6-4-3-5-6/h3-5H,2H2,1H3/q-1. The van der Waals surface area contributed by atoms with Gasteiger partial charge in [0, 0.05) is 0 Å². The highest BCUT2D eigenvalue weighted by molar-refractivity contribution is 4.86. The van der Waals surface area contributed by atoms with Crippen LogP contribution in [0.15, 0.2) is 18.5 Å². The van der Waals surface area contributed by atoms with Gasteiger partial charge in [0.2, 0.25) is 0 Å². The van der Waals surface area contributed by atoms with Crippen molar-refractivity contribution in [3.63, 3.8) is 0 Å². The topological polar surface area (TPSA) is 4.93 Å². The minimum absolute atomic E-state index is 1.11. The Labute approximate surface area is 37.6 Å². The van der Waals surface area contributed by atoms with Crippen molar-refractivity contribution in [1.29, 1.82) is 0 Å². The fourth-order valence-electron chi connectivity index (χ4n) is 0.419. The molecular weight excluding hydrogens is 74.1 g/mol. The van der Waals surface area contributed by atoms with E-state index in [1.54, 1.807) is 0 Å². The molecule has 0 aliphatic carbocycles. The lowest BCUT2D eigenvalue weighted by molar-refractivity contribution is 0.732. The average molecular weight is 82.1 g/mol. The molecule has 0 aliphatic rings. The molecule has 0 aliphatic heterocycles. The van der Waals surface area contributed by atoms with E-state index in [4.69, 9.17) is 0 Å². The molecule has 0 unspecified atom stereocenters. The van der Waals surface area contributed by atoms with Crippen molar-refractivity contribution >= 4 is 0 Å². The molecule has 6 heavy (non-hydrogen) atoms. The summed E-state index contributed by atoms with van der Waals surface area (Å²) in [6, 6.07) is 2.03. The maximum atomic E-state index is 2.12. The van der Waals surface area contributed by atoms with Crippen molar-refractivity contribution in [2.45, 2.75) is 13.5 Å². The van der Waals surface area contributed by atoms with Gasteiger partial charge < -0.3 is 4.57 Å². The van der Waals surface area contributed by atoms with Crippen LogP contribution in [0.3, 0.4) is 0 Å². The van der Waals surface area contributed by atoms with Crippen molar-refractivity contribution < 1.29 is 0 Å². The highest BCUT2D eigenvalue weighted by Crippen LogP contribution is 1.87. The summed E-state index contributed by atoms with van der Waals surface area (Å²) in [5.41, 5.74) is 0. The molecule has 1 nitrogen and oxygen atoms in total. The first kappa shape index (κ1) is 3.59. The van der Waals surface area contributed by atoms with E-state index in [0.717, 1.165) is 6.54 Å². The molecule has 1 aromatic rings. The van der Waals surface area contributed by atoms with Crippen molar-refractivity contribution in [2.75, 3.05) is 0 Å². The van der Waals surface area contributed by atoms with Gasteiger partial charge in [-0.15, -0.1) is 18.5 Å². The van der Waals surface area contributed by atoms with Crippen molar-refractivity contribution in [3.8, 4) is 0 Å². The monoisotopic (exact) mass is 82.1 g/mol. The number of aromatic nitrogens is 1. The Bertz CT molecular complexity index is 96.6. The van der Waals surface area contributed by atoms with Gasteiger partial charge >= 0.3 is 0 Å². The van der Waals surface area contributed by atoms with Crippen LogP contribution in [0.25, 0.3) is 0 Å². The second-order valence-electron chi connectivity index (χ2n) is 1.32. The predicted molar refractivity (Wildman–Crippen MR) is 25.7 cm³/mol. The van der Waals surface area contributed by atoms with Gasteiger partial charge in [0.15, 0.2) is 0 Å². The molecule has 0 spiro atoms. The minimum atomic E-state index is 1.11. The van der Waals surface area contributed by atoms with Crippen molar-refractivity contribution in [3.05, 3.63) is 18.5 Å². The van der Waals surface area contributed by atoms with Crippen molar-refractivity contribution in [1.82, 2.24) is 4.57 Å². The van der Waals surface area contributed by atoms with Gasteiger partial charge in [-0.2, -0.15) is 0 Å². The summed E-state index contributed by atoms with van der Waals surface area (Å²) in [5.74, 6) is 0. The third kappa shape index (κ3) is 0.361. The Balaban J connectivity index is 2.51. The average Bonchev–Trinajstić information content (AvgIpc) is 1.31. The molecule has 0 N–H and O–H groups in total. The van der Waals surface area contributed by atoms with Crippen LogP contribution in [0.2, 0.25) is 0 Å². The molecule has 34 valence electrons. The highest BCUT2D eigenvalue weighted by atomic mass is 14.9. The second-order valence-corrected chi connectivity index (χ2v) is 1.32. The summed E-state index contributed by atoms with van der Waals surface area (Å²) in [6.07, 6.45) is 4.11. The molecule has 0 amide bonds. The van der Waals surface area contributed by atoms with Gasteiger partial charge in [-0.05, 0) is 13.5 Å². The smallest absolute Gasteiger partial charge is 0.00432 e. The Morgan fingerprint density at radius 3 is 2.50 bits per heavy atom. The number of hydrogen-bond acceptors (Lipinski definition) is 0. The van der Waals surface area contributed by atoms with E-state index in [2.05, 4.69) is 23.9 Å². The molecule has 1 aromatic heterocycles. The number of rotatable bonds is 1. The van der Waals surface area contributed by atoms with Gasteiger partial charge in [-0.3, -0.25) is 0 Å². The number of aryl methyl sites for hydroxylation is 1. The first-order chi connectivity index (χ1) is 2.93. The lowest BCUT2D eigenvalue weighted by atomic mass is 10.5. The molecule has 0 bridgehead atoms. The zero-order valence-corrected chi connectivity index (χ0v) is 3.89. The van der Waals surface area contributed by atoms with Gasteiger partial charge in [0.05, 0.1) is 0 Å². The fourth-order valence-corrected chi connectivity index (χ4v) is 0.419. The predicted octanol–water partition coefficient (Wildman–Crippen LogP) is 1.23. The lowest BCUT2D eigenvalue weighted by Gasteiger charge is -2.10. The van der Waals surface area contributed by atoms with Gasteiger partial charge in [0.1, 0.15) is 0 Å². The molecule has 0 saturated carbocycles. The zero-order chi connectivity index (χ0) is 4.41. The van der Waals surface area contributed by atoms with Crippen LogP contribution >= 0.6 is 0 Å². The van der Waals surface area contributed by atoms with E-state index >= 15 is 0 Å². The van der Waals surface area contributed by atoms with Crippen LogP contribution in [-0.2, 0) is 6.54 Å². The van der Waals surface area contributed by atoms with E-state index in [9.17, 15) is 0 Å². The molecule has 0 aromatic carbocycles. The third-order valence-electron chi connectivity index (χ3n) is 0.920. The van der Waals surface area contributed by atoms with E-state index in [1.165, 1.54) is 0 Å². The van der Waals surface area contributed by atoms with Crippen molar-refractivity contribution in [2.24, 2.45) is 0 Å². The quantitative estimate of drug-likeness (QED) is 0.449. The molecule has 1 rings (SSSR count). The zero-order valence-electron chi connectivity index (χ0n) is 3.89. The summed E-state index contributed by atoms with van der Waals surface area (Å²) in [7, 11) is 0. The summed E-state index contributed by atoms with van der Waals surface area (Å²) < 4.78 is 2.12. The summed E-state index contributed by atoms with van der Waals surface area (Å²) in [6.45, 7) is 3.23. The highest BCUT2D eigenvalue weighted by Gasteiger charge is 1.69. The molecule has 1 heteroatoms. The molecule has 1 heterocycles. The minimum Gasteiger partial charge on any atom is -0.459 e. The molecular formula is C5H8N-. The van der Waals surface area contributed by atoms with E-state index < -0.39 is 0 Å². The maximum absolute atomic E-state index is 2.12. The van der Waals surface area contributed by atoms with Gasteiger partial charge in [-0.1, -0.05) is 0 Å². The van der Waals surface area contributed by atoms with Crippen LogP contribution in [0, 0.1) is 0 Å². The number of hydrogen-bond donors (Lipinski definition) is 0. The van der Waals surface area contributed by atoms with E-state index in [-0.39, 0.29) is 0 Å². The van der Waals surface area contributed by atoms with Crippen LogP contribution < -0.4 is 0 Å². The molecule has 0 atom stereocenters. The summed E-state index contributed by atoms with van der Waals surface area (Å²) >= 11 is 0. The molecule has 0 radical (unpaired) electrons. The van der Waals surface area contributed by atoms with Gasteiger partial charge in [-0.25, -0.2) is 0 Å². The van der Waals surface area contributed by atoms with Crippen LogP contribution in [-0.4, -0.2) is 4.57 Å². The lowest BCUT2D eigenvalue weighted by Crippen LogP contribution is -1.94. The number of nitrogens with zero attached hydrogens (tertiary/aromatic N) is 1. The Hall–Kier alpha value is -0.590. The van der Waals surface area contributed by atoms with Crippen LogP contribution in [0.5, 0.6) is 0 Å². The largest absolute Gasteiger partial charge is 0.459 e. The van der Waals surface area contributed by atoms with Crippen LogP contribution in [0.1, 0.15) is 6.92 Å². The third-order valence-corrected chi connectivity index (χ3v) is 0.920. The first-order valence-corrected chi connectivity index (χ1v) is 2.21. The van der Waals surface area contributed by atoms with E-state index in [1.807, 2.05) is 6.07 Å². The Morgan fingerprint density at radius 1 is 1.83 bits per heavy atom. The van der Waals surface area contributed by atoms with Gasteiger partial charge in [0.25, 0.3) is 0 Å². The summed E-state index contributed by atoms with van der Waals surface area (Å²) in [4.78, 5) is 0. The Morgan fingerprint density at radius 2 is 2.50 bits per heavy atom. The maximum Gasteiger partial charge on any atom is -0.00432 e. The van der Waals surface area contributed by atoms with E-state index in [0.29, 0.717) is 0 Å². The Kier molecular flexibility index (Phi) is 0.748. The second kappa shape index (κ2) is 1.25. The van der Waals surface area contributed by atoms with Crippen LogP contribution in [0.4, 0.5) is 0 Å². The summed E-state index contributed by atoms with van der Waals surface area (Å²) in [5, 5.41) is 0. The SMILES string of the molecule is CCn1cc[cH-]1. The normalized spacial score (nSPS) is 9.50.